The van der Waals surface area contributed by atoms with Crippen LogP contribution in [-0.4, -0.2) is 16.5 Å². The van der Waals surface area contributed by atoms with Gasteiger partial charge in [-0.1, -0.05) is 106 Å². The second kappa shape index (κ2) is 13.9. The van der Waals surface area contributed by atoms with Crippen LogP contribution in [0.1, 0.15) is 114 Å². The van der Waals surface area contributed by atoms with Crippen molar-refractivity contribution in [2.24, 2.45) is 41.4 Å². The first kappa shape index (κ1) is 29.9. The van der Waals surface area contributed by atoms with Gasteiger partial charge >= 0.3 is 0 Å². The Kier molecular flexibility index (Phi) is 11.2. The quantitative estimate of drug-likeness (QED) is 0.245. The summed E-state index contributed by atoms with van der Waals surface area (Å²) in [5.41, 5.74) is 6.47. The second-order valence-electron chi connectivity index (χ2n) is 12.3. The van der Waals surface area contributed by atoms with E-state index in [4.69, 9.17) is 0 Å². The molecule has 0 fully saturated rings. The van der Waals surface area contributed by atoms with Crippen LogP contribution < -0.4 is 0 Å². The molecule has 208 valence electrons. The standard InChI is InChI=1S/C35H58N2/c1-10-26(9)30-18-16-19-31(27(11-2)12-3)34(30)36-22-23-37(24-36)35-32(28(13-4)14-5)20-17-21-33(35)29(15-6)25(7)8/h16-17,19,21-23,25-30,32H,10-15,18,20,24H2,1-9H3/t26-,29?,30+,32+/m0/s1. The van der Waals surface area contributed by atoms with Gasteiger partial charge in [0.05, 0.1) is 6.67 Å². The highest BCUT2D eigenvalue weighted by atomic mass is 15.4. The Morgan fingerprint density at radius 1 is 0.676 bits per heavy atom. The van der Waals surface area contributed by atoms with Crippen LogP contribution in [-0.2, 0) is 0 Å². The summed E-state index contributed by atoms with van der Waals surface area (Å²) in [7, 11) is 0. The van der Waals surface area contributed by atoms with Crippen molar-refractivity contribution in [3.05, 3.63) is 59.2 Å². The van der Waals surface area contributed by atoms with E-state index in [1.54, 1.807) is 22.5 Å². The van der Waals surface area contributed by atoms with E-state index in [-0.39, 0.29) is 0 Å². The van der Waals surface area contributed by atoms with Crippen molar-refractivity contribution in [1.29, 1.82) is 0 Å². The molecule has 0 radical (unpaired) electrons. The normalized spacial score (nSPS) is 24.0. The van der Waals surface area contributed by atoms with E-state index in [0.717, 1.165) is 12.6 Å². The molecule has 0 amide bonds. The van der Waals surface area contributed by atoms with E-state index in [1.807, 2.05) is 0 Å². The SMILES string of the molecule is CCC(CC)C1=C(N2C=CN(C3=C(C(CC)C(C)C)C=CC[C@@H]3C(CC)CC)C2)[C@@H]([C@@H](C)CC)CC=C1. The van der Waals surface area contributed by atoms with Gasteiger partial charge in [0.15, 0.2) is 0 Å². The third-order valence-corrected chi connectivity index (χ3v) is 10.0. The molecule has 0 N–H and O–H groups in total. The summed E-state index contributed by atoms with van der Waals surface area (Å²) in [6, 6.07) is 0. The Morgan fingerprint density at radius 3 is 1.70 bits per heavy atom. The molecule has 1 heterocycles. The van der Waals surface area contributed by atoms with Crippen molar-refractivity contribution in [1.82, 2.24) is 9.80 Å². The number of nitrogens with zero attached hydrogens (tertiary/aromatic N) is 2. The Labute approximate surface area is 230 Å². The van der Waals surface area contributed by atoms with Crippen LogP contribution in [0.3, 0.4) is 0 Å². The smallest absolute Gasteiger partial charge is 0.0983 e. The summed E-state index contributed by atoms with van der Waals surface area (Å²) in [5, 5.41) is 0. The van der Waals surface area contributed by atoms with Crippen LogP contribution in [0, 0.1) is 41.4 Å². The van der Waals surface area contributed by atoms with Gasteiger partial charge in [-0.15, -0.1) is 0 Å². The van der Waals surface area contributed by atoms with E-state index < -0.39 is 0 Å². The predicted octanol–water partition coefficient (Wildman–Crippen LogP) is 10.3. The highest BCUT2D eigenvalue weighted by molar-refractivity contribution is 5.38. The molecular formula is C35H58N2. The monoisotopic (exact) mass is 506 g/mol. The van der Waals surface area contributed by atoms with Crippen molar-refractivity contribution < 1.29 is 0 Å². The fourth-order valence-corrected chi connectivity index (χ4v) is 7.49. The molecule has 0 saturated carbocycles. The average Bonchev–Trinajstić information content (AvgIpc) is 3.39. The molecule has 0 aromatic rings. The highest BCUT2D eigenvalue weighted by Gasteiger charge is 2.36. The lowest BCUT2D eigenvalue weighted by molar-refractivity contribution is 0.233. The Hall–Kier alpha value is -1.70. The molecule has 0 aromatic carbocycles. The molecule has 3 aliphatic rings. The van der Waals surface area contributed by atoms with Gasteiger partial charge in [-0.2, -0.15) is 0 Å². The number of rotatable bonds is 13. The van der Waals surface area contributed by atoms with Crippen molar-refractivity contribution in [2.75, 3.05) is 6.67 Å². The Bertz CT molecular complexity index is 877. The summed E-state index contributed by atoms with van der Waals surface area (Å²) >= 11 is 0. The van der Waals surface area contributed by atoms with Crippen molar-refractivity contribution in [3.63, 3.8) is 0 Å². The van der Waals surface area contributed by atoms with Gasteiger partial charge in [0.2, 0.25) is 0 Å². The maximum atomic E-state index is 2.66. The van der Waals surface area contributed by atoms with Gasteiger partial charge in [-0.25, -0.2) is 0 Å². The van der Waals surface area contributed by atoms with Gasteiger partial charge < -0.3 is 9.80 Å². The number of allylic oxidation sites excluding steroid dienone is 8. The van der Waals surface area contributed by atoms with Crippen LogP contribution in [0.15, 0.2) is 59.2 Å². The van der Waals surface area contributed by atoms with E-state index in [1.165, 1.54) is 51.4 Å². The topological polar surface area (TPSA) is 6.48 Å². The fourth-order valence-electron chi connectivity index (χ4n) is 7.49. The Balaban J connectivity index is 2.07. The van der Waals surface area contributed by atoms with E-state index in [2.05, 4.69) is 109 Å². The molecule has 1 unspecified atom stereocenters. The van der Waals surface area contributed by atoms with Gasteiger partial charge in [0.1, 0.15) is 0 Å². The summed E-state index contributed by atoms with van der Waals surface area (Å²) in [4.78, 5) is 5.31. The molecule has 37 heavy (non-hydrogen) atoms. The van der Waals surface area contributed by atoms with E-state index in [0.29, 0.717) is 35.5 Å². The maximum Gasteiger partial charge on any atom is 0.0983 e. The number of hydrogen-bond donors (Lipinski definition) is 0. The lowest BCUT2D eigenvalue weighted by Gasteiger charge is -2.41. The van der Waals surface area contributed by atoms with Crippen molar-refractivity contribution in [2.45, 2.75) is 114 Å². The third-order valence-electron chi connectivity index (χ3n) is 10.0. The zero-order valence-corrected chi connectivity index (χ0v) is 25.8. The number of hydrogen-bond acceptors (Lipinski definition) is 2. The van der Waals surface area contributed by atoms with Crippen LogP contribution in [0.2, 0.25) is 0 Å². The maximum absolute atomic E-state index is 2.66. The molecule has 1 aliphatic heterocycles. The van der Waals surface area contributed by atoms with E-state index in [9.17, 15) is 0 Å². The van der Waals surface area contributed by atoms with Crippen LogP contribution >= 0.6 is 0 Å². The first-order valence-corrected chi connectivity index (χ1v) is 15.9. The molecule has 2 heteroatoms. The van der Waals surface area contributed by atoms with Crippen LogP contribution in [0.5, 0.6) is 0 Å². The molecule has 2 nitrogen and oxygen atoms in total. The van der Waals surface area contributed by atoms with Gasteiger partial charge in [0, 0.05) is 35.6 Å². The minimum Gasteiger partial charge on any atom is -0.331 e. The zero-order valence-electron chi connectivity index (χ0n) is 25.8. The van der Waals surface area contributed by atoms with Gasteiger partial charge in [-0.3, -0.25) is 0 Å². The Morgan fingerprint density at radius 2 is 1.22 bits per heavy atom. The highest BCUT2D eigenvalue weighted by Crippen LogP contribution is 2.45. The van der Waals surface area contributed by atoms with Gasteiger partial charge in [0.25, 0.3) is 0 Å². The molecule has 0 spiro atoms. The zero-order chi connectivity index (χ0) is 27.1. The molecule has 2 aliphatic carbocycles. The first-order valence-electron chi connectivity index (χ1n) is 15.9. The average molecular weight is 507 g/mol. The lowest BCUT2D eigenvalue weighted by Crippen LogP contribution is -2.36. The van der Waals surface area contributed by atoms with E-state index >= 15 is 0 Å². The van der Waals surface area contributed by atoms with Crippen molar-refractivity contribution >= 4 is 0 Å². The minimum atomic E-state index is 0.615. The van der Waals surface area contributed by atoms with Crippen molar-refractivity contribution in [3.8, 4) is 0 Å². The molecule has 0 aromatic heterocycles. The second-order valence-corrected chi connectivity index (χ2v) is 12.3. The first-order chi connectivity index (χ1) is 17.9. The summed E-state index contributed by atoms with van der Waals surface area (Å²) in [6.07, 6.45) is 24.6. The predicted molar refractivity (Wildman–Crippen MR) is 162 cm³/mol. The minimum absolute atomic E-state index is 0.615. The van der Waals surface area contributed by atoms with Crippen LogP contribution in [0.4, 0.5) is 0 Å². The molecule has 0 bridgehead atoms. The van der Waals surface area contributed by atoms with Crippen LogP contribution in [0.25, 0.3) is 0 Å². The summed E-state index contributed by atoms with van der Waals surface area (Å²) < 4.78 is 0. The molecule has 4 atom stereocenters. The third kappa shape index (κ3) is 6.31. The summed E-state index contributed by atoms with van der Waals surface area (Å²) in [6.45, 7) is 22.5. The largest absolute Gasteiger partial charge is 0.331 e. The summed E-state index contributed by atoms with van der Waals surface area (Å²) in [5.74, 6) is 4.60. The molecular weight excluding hydrogens is 448 g/mol. The lowest BCUT2D eigenvalue weighted by atomic mass is 9.74. The van der Waals surface area contributed by atoms with Gasteiger partial charge in [-0.05, 0) is 72.8 Å². The molecule has 3 rings (SSSR count). The molecule has 0 saturated heterocycles. The fraction of sp³-hybridized carbons (Fsp3) is 0.714.